The van der Waals surface area contributed by atoms with Crippen LogP contribution in [0.3, 0.4) is 0 Å². The van der Waals surface area contributed by atoms with Gasteiger partial charge in [0.25, 0.3) is 5.91 Å². The lowest BCUT2D eigenvalue weighted by molar-refractivity contribution is 0.0786. The fraction of sp³-hybridized carbons (Fsp3) is 0.348. The van der Waals surface area contributed by atoms with Crippen molar-refractivity contribution in [3.63, 3.8) is 0 Å². The number of halogens is 1. The molecule has 5 nitrogen and oxygen atoms in total. The van der Waals surface area contributed by atoms with E-state index in [1.165, 1.54) is 5.56 Å². The topological polar surface area (TPSA) is 64.8 Å². The van der Waals surface area contributed by atoms with Gasteiger partial charge in [0.2, 0.25) is 0 Å². The van der Waals surface area contributed by atoms with Gasteiger partial charge in [0.05, 0.1) is 14.2 Å². The predicted molar refractivity (Wildman–Crippen MR) is 118 cm³/mol. The van der Waals surface area contributed by atoms with Crippen LogP contribution in [-0.2, 0) is 6.42 Å². The Hall–Kier alpha value is -2.50. The standard InChI is InChI=1S/C23H28N2O3.ClH/c1-4-8-17-11-18(12-21(27-2)22(17)28-3)23(26)25-14-19(13-24)20(15-25)16-9-6-5-7-10-16;/h4-7,9-12,19-20H,1,8,13-15,24H2,2-3H3;1H/t19-,20+;/m1./s1. The van der Waals surface area contributed by atoms with Crippen molar-refractivity contribution in [1.82, 2.24) is 4.90 Å². The molecule has 6 heteroatoms. The summed E-state index contributed by atoms with van der Waals surface area (Å²) < 4.78 is 10.9. The van der Waals surface area contributed by atoms with Gasteiger partial charge < -0.3 is 20.1 Å². The first-order chi connectivity index (χ1) is 13.6. The zero-order valence-corrected chi connectivity index (χ0v) is 17.8. The molecule has 0 spiro atoms. The van der Waals surface area contributed by atoms with Crippen molar-refractivity contribution in [2.45, 2.75) is 12.3 Å². The lowest BCUT2D eigenvalue weighted by atomic mass is 9.89. The third-order valence-corrected chi connectivity index (χ3v) is 5.43. The van der Waals surface area contributed by atoms with Gasteiger partial charge in [0.1, 0.15) is 0 Å². The number of carbonyl (C=O) groups is 1. The van der Waals surface area contributed by atoms with Crippen molar-refractivity contribution in [2.75, 3.05) is 33.9 Å². The third kappa shape index (κ3) is 4.74. The number of likely N-dealkylation sites (tertiary alicyclic amines) is 1. The van der Waals surface area contributed by atoms with E-state index in [-0.39, 0.29) is 30.2 Å². The van der Waals surface area contributed by atoms with E-state index in [9.17, 15) is 4.79 Å². The monoisotopic (exact) mass is 416 g/mol. The first-order valence-electron chi connectivity index (χ1n) is 9.53. The fourth-order valence-electron chi connectivity index (χ4n) is 4.01. The van der Waals surface area contributed by atoms with Crippen LogP contribution in [0.15, 0.2) is 55.1 Å². The molecule has 1 amide bonds. The highest BCUT2D eigenvalue weighted by Crippen LogP contribution is 2.36. The Bertz CT molecular complexity index is 842. The summed E-state index contributed by atoms with van der Waals surface area (Å²) in [5.74, 6) is 1.69. The molecule has 2 atom stereocenters. The summed E-state index contributed by atoms with van der Waals surface area (Å²) in [7, 11) is 3.18. The van der Waals surface area contributed by atoms with E-state index in [1.54, 1.807) is 26.4 Å². The molecule has 1 heterocycles. The highest BCUT2D eigenvalue weighted by atomic mass is 35.5. The Labute approximate surface area is 178 Å². The first-order valence-corrected chi connectivity index (χ1v) is 9.53. The molecule has 0 saturated carbocycles. The fourth-order valence-corrected chi connectivity index (χ4v) is 4.01. The third-order valence-electron chi connectivity index (χ3n) is 5.43. The van der Waals surface area contributed by atoms with Gasteiger partial charge in [-0.3, -0.25) is 4.79 Å². The minimum atomic E-state index is -0.0110. The molecule has 0 aromatic heterocycles. The second-order valence-electron chi connectivity index (χ2n) is 7.09. The maximum Gasteiger partial charge on any atom is 0.254 e. The zero-order valence-electron chi connectivity index (χ0n) is 17.0. The van der Waals surface area contributed by atoms with Gasteiger partial charge in [-0.25, -0.2) is 0 Å². The van der Waals surface area contributed by atoms with Crippen LogP contribution in [0.5, 0.6) is 11.5 Å². The summed E-state index contributed by atoms with van der Waals surface area (Å²) >= 11 is 0. The summed E-state index contributed by atoms with van der Waals surface area (Å²) in [6.45, 7) is 5.67. The van der Waals surface area contributed by atoms with Crippen LogP contribution in [0.2, 0.25) is 0 Å². The van der Waals surface area contributed by atoms with Gasteiger partial charge in [-0.1, -0.05) is 36.4 Å². The number of ether oxygens (including phenoxy) is 2. The molecule has 3 rings (SSSR count). The summed E-state index contributed by atoms with van der Waals surface area (Å²) in [5, 5.41) is 0. The predicted octanol–water partition coefficient (Wildman–Crippen LogP) is 3.67. The van der Waals surface area contributed by atoms with E-state index >= 15 is 0 Å². The van der Waals surface area contributed by atoms with Crippen LogP contribution in [0.4, 0.5) is 0 Å². The van der Waals surface area contributed by atoms with E-state index in [1.807, 2.05) is 29.2 Å². The van der Waals surface area contributed by atoms with E-state index in [0.29, 0.717) is 43.1 Å². The Morgan fingerprint density at radius 1 is 1.21 bits per heavy atom. The molecule has 1 aliphatic heterocycles. The molecule has 1 aliphatic rings. The molecule has 2 N–H and O–H groups in total. The molecule has 1 saturated heterocycles. The van der Waals surface area contributed by atoms with Gasteiger partial charge in [-0.05, 0) is 36.6 Å². The molecule has 29 heavy (non-hydrogen) atoms. The van der Waals surface area contributed by atoms with Crippen molar-refractivity contribution >= 4 is 18.3 Å². The lowest BCUT2D eigenvalue weighted by Gasteiger charge is -2.19. The maximum atomic E-state index is 13.3. The number of nitrogens with zero attached hydrogens (tertiary/aromatic N) is 1. The van der Waals surface area contributed by atoms with Crippen molar-refractivity contribution in [1.29, 1.82) is 0 Å². The Morgan fingerprint density at radius 3 is 2.52 bits per heavy atom. The minimum absolute atomic E-state index is 0. The Morgan fingerprint density at radius 2 is 1.93 bits per heavy atom. The molecular weight excluding hydrogens is 388 g/mol. The van der Waals surface area contributed by atoms with E-state index in [0.717, 1.165) is 5.56 Å². The largest absolute Gasteiger partial charge is 0.493 e. The van der Waals surface area contributed by atoms with Crippen molar-refractivity contribution in [2.24, 2.45) is 11.7 Å². The molecule has 0 unspecified atom stereocenters. The normalized spacial score (nSPS) is 18.1. The number of methoxy groups -OCH3 is 2. The van der Waals surface area contributed by atoms with Gasteiger partial charge >= 0.3 is 0 Å². The van der Waals surface area contributed by atoms with Gasteiger partial charge in [0, 0.05) is 30.1 Å². The number of hydrogen-bond acceptors (Lipinski definition) is 4. The van der Waals surface area contributed by atoms with Crippen LogP contribution in [-0.4, -0.2) is 44.7 Å². The quantitative estimate of drug-likeness (QED) is 0.699. The summed E-state index contributed by atoms with van der Waals surface area (Å²) in [5.41, 5.74) is 8.73. The van der Waals surface area contributed by atoms with Crippen molar-refractivity contribution in [3.05, 3.63) is 71.8 Å². The van der Waals surface area contributed by atoms with Crippen molar-refractivity contribution in [3.8, 4) is 11.5 Å². The molecule has 0 aliphatic carbocycles. The Kier molecular flexibility index (Phi) is 8.11. The summed E-state index contributed by atoms with van der Waals surface area (Å²) in [4.78, 5) is 15.2. The second-order valence-corrected chi connectivity index (χ2v) is 7.09. The average molecular weight is 417 g/mol. The molecule has 0 bridgehead atoms. The summed E-state index contributed by atoms with van der Waals surface area (Å²) in [6.07, 6.45) is 2.38. The highest BCUT2D eigenvalue weighted by Gasteiger charge is 2.36. The average Bonchev–Trinajstić information content (AvgIpc) is 3.18. The molecule has 2 aromatic rings. The number of nitrogens with two attached hydrogens (primary N) is 1. The first kappa shape index (κ1) is 22.8. The number of benzene rings is 2. The molecule has 156 valence electrons. The van der Waals surface area contributed by atoms with Gasteiger partial charge in [0.15, 0.2) is 11.5 Å². The number of amides is 1. The van der Waals surface area contributed by atoms with Crippen molar-refractivity contribution < 1.29 is 14.3 Å². The Balaban J connectivity index is 0.00000300. The minimum Gasteiger partial charge on any atom is -0.493 e. The number of hydrogen-bond donors (Lipinski definition) is 1. The maximum absolute atomic E-state index is 13.3. The molecule has 0 radical (unpaired) electrons. The SMILES string of the molecule is C=CCc1cc(C(=O)N2C[C@@H](CN)[C@H](c3ccccc3)C2)cc(OC)c1OC.Cl. The lowest BCUT2D eigenvalue weighted by Crippen LogP contribution is -2.30. The van der Waals surface area contributed by atoms with Crippen LogP contribution in [0.25, 0.3) is 0 Å². The number of rotatable bonds is 7. The molecule has 2 aromatic carbocycles. The van der Waals surface area contributed by atoms with Crippen LogP contribution in [0.1, 0.15) is 27.4 Å². The second kappa shape index (κ2) is 10.3. The van der Waals surface area contributed by atoms with Gasteiger partial charge in [-0.15, -0.1) is 19.0 Å². The van der Waals surface area contributed by atoms with Crippen LogP contribution >= 0.6 is 12.4 Å². The highest BCUT2D eigenvalue weighted by molar-refractivity contribution is 5.95. The number of carbonyl (C=O) groups excluding carboxylic acids is 1. The molecular formula is C23H29ClN2O3. The summed E-state index contributed by atoms with van der Waals surface area (Å²) in [6, 6.07) is 13.9. The molecule has 1 fully saturated rings. The zero-order chi connectivity index (χ0) is 20.1. The number of allylic oxidation sites excluding steroid dienone is 1. The van der Waals surface area contributed by atoms with E-state index in [4.69, 9.17) is 15.2 Å². The van der Waals surface area contributed by atoms with E-state index < -0.39 is 0 Å². The van der Waals surface area contributed by atoms with Gasteiger partial charge in [-0.2, -0.15) is 0 Å². The van der Waals surface area contributed by atoms with E-state index in [2.05, 4.69) is 18.7 Å². The van der Waals surface area contributed by atoms with Crippen LogP contribution in [0, 0.1) is 5.92 Å². The van der Waals surface area contributed by atoms with Crippen LogP contribution < -0.4 is 15.2 Å². The smallest absolute Gasteiger partial charge is 0.254 e.